The molecule has 0 aromatic heterocycles. The first-order valence-electron chi connectivity index (χ1n) is 11.5. The van der Waals surface area contributed by atoms with Gasteiger partial charge in [-0.15, -0.1) is 0 Å². The number of Topliss-reactive ketones (excluding diaryl/α,β-unsaturated/α-hetero) is 1. The van der Waals surface area contributed by atoms with Crippen molar-refractivity contribution in [3.05, 3.63) is 30.3 Å². The molecule has 0 heterocycles. The summed E-state index contributed by atoms with van der Waals surface area (Å²) in [5.74, 6) is 0.996. The van der Waals surface area contributed by atoms with Crippen molar-refractivity contribution in [2.24, 2.45) is 0 Å². The summed E-state index contributed by atoms with van der Waals surface area (Å²) in [6.45, 7) is 2.49. The molecule has 1 aromatic rings. The van der Waals surface area contributed by atoms with Crippen molar-refractivity contribution in [1.82, 2.24) is 0 Å². The van der Waals surface area contributed by atoms with Crippen molar-refractivity contribution in [3.63, 3.8) is 0 Å². The number of carbonyl (C=O) groups is 1. The second-order valence-electron chi connectivity index (χ2n) is 7.84. The van der Waals surface area contributed by atoms with Gasteiger partial charge in [0.25, 0.3) is 0 Å². The zero-order valence-electron chi connectivity index (χ0n) is 17.7. The summed E-state index contributed by atoms with van der Waals surface area (Å²) in [5, 5.41) is 0. The molecular formula is C25H42O2. The third kappa shape index (κ3) is 15.4. The van der Waals surface area contributed by atoms with E-state index in [4.69, 9.17) is 4.74 Å². The fraction of sp³-hybridized carbons (Fsp3) is 0.720. The van der Waals surface area contributed by atoms with E-state index in [0.29, 0.717) is 6.42 Å². The molecule has 1 aromatic carbocycles. The van der Waals surface area contributed by atoms with Crippen LogP contribution in [0.4, 0.5) is 0 Å². The van der Waals surface area contributed by atoms with Gasteiger partial charge in [-0.05, 0) is 18.6 Å². The lowest BCUT2D eigenvalue weighted by Gasteiger charge is -2.05. The summed E-state index contributed by atoms with van der Waals surface area (Å²) < 4.78 is 5.49. The highest BCUT2D eigenvalue weighted by molar-refractivity contribution is 5.79. The molecule has 0 amide bonds. The van der Waals surface area contributed by atoms with E-state index in [-0.39, 0.29) is 12.4 Å². The van der Waals surface area contributed by atoms with Crippen LogP contribution < -0.4 is 4.74 Å². The number of ether oxygens (including phenoxy) is 1. The SMILES string of the molecule is CCCCCCCCCCCCCCCCCC(=O)COc1ccccc1. The van der Waals surface area contributed by atoms with E-state index in [0.717, 1.165) is 12.2 Å². The molecule has 0 saturated heterocycles. The minimum absolute atomic E-state index is 0.211. The molecule has 0 aliphatic carbocycles. The average Bonchev–Trinajstić information content (AvgIpc) is 2.70. The van der Waals surface area contributed by atoms with Gasteiger partial charge in [-0.1, -0.05) is 115 Å². The zero-order valence-corrected chi connectivity index (χ0v) is 17.7. The van der Waals surface area contributed by atoms with Gasteiger partial charge in [-0.2, -0.15) is 0 Å². The molecule has 2 heteroatoms. The molecule has 0 saturated carbocycles. The van der Waals surface area contributed by atoms with Gasteiger partial charge in [0.2, 0.25) is 0 Å². The lowest BCUT2D eigenvalue weighted by atomic mass is 10.0. The molecule has 0 fully saturated rings. The third-order valence-electron chi connectivity index (χ3n) is 5.20. The van der Waals surface area contributed by atoms with Crippen LogP contribution in [0.25, 0.3) is 0 Å². The summed E-state index contributed by atoms with van der Waals surface area (Å²) in [5.41, 5.74) is 0. The van der Waals surface area contributed by atoms with Crippen LogP contribution in [0.3, 0.4) is 0 Å². The first-order chi connectivity index (χ1) is 13.3. The summed E-state index contributed by atoms with van der Waals surface area (Å²) >= 11 is 0. The number of unbranched alkanes of at least 4 members (excludes halogenated alkanes) is 14. The van der Waals surface area contributed by atoms with E-state index >= 15 is 0 Å². The Balaban J connectivity index is 1.77. The Bertz CT molecular complexity index is 441. The van der Waals surface area contributed by atoms with Crippen LogP contribution in [0.2, 0.25) is 0 Å². The van der Waals surface area contributed by atoms with E-state index < -0.39 is 0 Å². The van der Waals surface area contributed by atoms with Gasteiger partial charge in [0.1, 0.15) is 12.4 Å². The normalized spacial score (nSPS) is 10.9. The molecule has 0 spiro atoms. The van der Waals surface area contributed by atoms with Gasteiger partial charge in [0.05, 0.1) is 0 Å². The third-order valence-corrected chi connectivity index (χ3v) is 5.20. The van der Waals surface area contributed by atoms with E-state index in [2.05, 4.69) is 6.92 Å². The van der Waals surface area contributed by atoms with E-state index in [1.54, 1.807) is 0 Å². The number of ketones is 1. The number of hydrogen-bond acceptors (Lipinski definition) is 2. The maximum absolute atomic E-state index is 11.8. The highest BCUT2D eigenvalue weighted by Gasteiger charge is 2.03. The highest BCUT2D eigenvalue weighted by atomic mass is 16.5. The second kappa shape index (κ2) is 18.1. The van der Waals surface area contributed by atoms with E-state index in [1.165, 1.54) is 89.9 Å². The Hall–Kier alpha value is -1.31. The molecule has 154 valence electrons. The number of carbonyl (C=O) groups excluding carboxylic acids is 1. The minimum Gasteiger partial charge on any atom is -0.486 e. The molecule has 2 nitrogen and oxygen atoms in total. The summed E-state index contributed by atoms with van der Waals surface area (Å²) in [6.07, 6.45) is 21.0. The van der Waals surface area contributed by atoms with Gasteiger partial charge in [0, 0.05) is 6.42 Å². The van der Waals surface area contributed by atoms with Crippen LogP contribution in [-0.2, 0) is 4.79 Å². The molecular weight excluding hydrogens is 332 g/mol. The first kappa shape index (κ1) is 23.7. The Kier molecular flexibility index (Phi) is 15.9. The van der Waals surface area contributed by atoms with Crippen LogP contribution in [0.1, 0.15) is 110 Å². The van der Waals surface area contributed by atoms with Crippen LogP contribution in [0, 0.1) is 0 Å². The van der Waals surface area contributed by atoms with Crippen LogP contribution >= 0.6 is 0 Å². The van der Waals surface area contributed by atoms with Crippen molar-refractivity contribution in [3.8, 4) is 5.75 Å². The van der Waals surface area contributed by atoms with Crippen molar-refractivity contribution < 1.29 is 9.53 Å². The Labute approximate surface area is 168 Å². The van der Waals surface area contributed by atoms with Crippen molar-refractivity contribution in [1.29, 1.82) is 0 Å². The highest BCUT2D eigenvalue weighted by Crippen LogP contribution is 2.14. The van der Waals surface area contributed by atoms with Gasteiger partial charge in [-0.25, -0.2) is 0 Å². The largest absolute Gasteiger partial charge is 0.486 e. The monoisotopic (exact) mass is 374 g/mol. The van der Waals surface area contributed by atoms with Crippen molar-refractivity contribution >= 4 is 5.78 Å². The number of para-hydroxylation sites is 1. The van der Waals surface area contributed by atoms with Gasteiger partial charge in [-0.3, -0.25) is 4.79 Å². The molecule has 0 atom stereocenters. The predicted molar refractivity (Wildman–Crippen MR) is 116 cm³/mol. The lowest BCUT2D eigenvalue weighted by molar-refractivity contribution is -0.121. The lowest BCUT2D eigenvalue weighted by Crippen LogP contribution is -2.10. The van der Waals surface area contributed by atoms with Gasteiger partial charge < -0.3 is 4.74 Å². The van der Waals surface area contributed by atoms with Gasteiger partial charge >= 0.3 is 0 Å². The smallest absolute Gasteiger partial charge is 0.170 e. The summed E-state index contributed by atoms with van der Waals surface area (Å²) in [6, 6.07) is 9.58. The molecule has 0 unspecified atom stereocenters. The topological polar surface area (TPSA) is 26.3 Å². The molecule has 0 bridgehead atoms. The Morgan fingerprint density at radius 1 is 0.667 bits per heavy atom. The summed E-state index contributed by atoms with van der Waals surface area (Å²) in [7, 11) is 0. The second-order valence-corrected chi connectivity index (χ2v) is 7.84. The maximum Gasteiger partial charge on any atom is 0.170 e. The van der Waals surface area contributed by atoms with Crippen LogP contribution in [-0.4, -0.2) is 12.4 Å². The fourth-order valence-electron chi connectivity index (χ4n) is 3.45. The number of hydrogen-bond donors (Lipinski definition) is 0. The van der Waals surface area contributed by atoms with Crippen molar-refractivity contribution in [2.75, 3.05) is 6.61 Å². The Morgan fingerprint density at radius 2 is 1.11 bits per heavy atom. The molecule has 1 rings (SSSR count). The first-order valence-corrected chi connectivity index (χ1v) is 11.5. The van der Waals surface area contributed by atoms with Crippen LogP contribution in [0.15, 0.2) is 30.3 Å². The van der Waals surface area contributed by atoms with Crippen molar-refractivity contribution in [2.45, 2.75) is 110 Å². The average molecular weight is 375 g/mol. The zero-order chi connectivity index (χ0) is 19.4. The number of rotatable bonds is 19. The standard InChI is InChI=1S/C25H42O2/c1-2-3-4-5-6-7-8-9-10-11-12-13-14-15-17-20-24(26)23-27-25-21-18-16-19-22-25/h16,18-19,21-22H,2-15,17,20,23H2,1H3. The minimum atomic E-state index is 0.211. The molecule has 27 heavy (non-hydrogen) atoms. The summed E-state index contributed by atoms with van der Waals surface area (Å²) in [4.78, 5) is 11.8. The fourth-order valence-corrected chi connectivity index (χ4v) is 3.45. The maximum atomic E-state index is 11.8. The quantitative estimate of drug-likeness (QED) is 0.230. The van der Waals surface area contributed by atoms with Gasteiger partial charge in [0.15, 0.2) is 5.78 Å². The predicted octanol–water partition coefficient (Wildman–Crippen LogP) is 7.90. The molecule has 0 aliphatic rings. The Morgan fingerprint density at radius 3 is 1.59 bits per heavy atom. The molecule has 0 aliphatic heterocycles. The van der Waals surface area contributed by atoms with E-state index in [9.17, 15) is 4.79 Å². The van der Waals surface area contributed by atoms with Crippen LogP contribution in [0.5, 0.6) is 5.75 Å². The van der Waals surface area contributed by atoms with E-state index in [1.807, 2.05) is 30.3 Å². The molecule has 0 radical (unpaired) electrons. The number of benzene rings is 1. The molecule has 0 N–H and O–H groups in total.